The number of benzene rings is 1. The van der Waals surface area contributed by atoms with Gasteiger partial charge in [0.25, 0.3) is 5.91 Å². The van der Waals surface area contributed by atoms with Crippen LogP contribution in [0.4, 0.5) is 0 Å². The number of pyridine rings is 1. The van der Waals surface area contributed by atoms with E-state index in [1.165, 1.54) is 0 Å². The summed E-state index contributed by atoms with van der Waals surface area (Å²) in [6, 6.07) is 11.5. The second kappa shape index (κ2) is 7.31. The number of hydrogen-bond donors (Lipinski definition) is 1. The van der Waals surface area contributed by atoms with Gasteiger partial charge in [0.2, 0.25) is 0 Å². The highest BCUT2D eigenvalue weighted by Gasteiger charge is 2.10. The molecule has 2 heterocycles. The van der Waals surface area contributed by atoms with Crippen molar-refractivity contribution in [3.63, 3.8) is 0 Å². The number of aromatic nitrogens is 3. The molecule has 0 saturated heterocycles. The smallest absolute Gasteiger partial charge is 0.252 e. The van der Waals surface area contributed by atoms with Crippen LogP contribution in [0.15, 0.2) is 59.9 Å². The van der Waals surface area contributed by atoms with E-state index in [9.17, 15) is 4.79 Å². The van der Waals surface area contributed by atoms with Gasteiger partial charge in [0.1, 0.15) is 0 Å². The molecule has 0 spiro atoms. The maximum Gasteiger partial charge on any atom is 0.252 e. The fourth-order valence-corrected chi connectivity index (χ4v) is 3.00. The van der Waals surface area contributed by atoms with E-state index in [0.29, 0.717) is 12.1 Å². The van der Waals surface area contributed by atoms with E-state index in [4.69, 9.17) is 0 Å². The zero-order valence-electron chi connectivity index (χ0n) is 13.6. The number of carbonyl (C=O) groups is 1. The molecule has 0 radical (unpaired) electrons. The number of nitrogens with one attached hydrogen (secondary N) is 1. The van der Waals surface area contributed by atoms with Crippen molar-refractivity contribution in [2.45, 2.75) is 11.4 Å². The Morgan fingerprint density at radius 3 is 2.88 bits per heavy atom. The molecule has 2 aromatic heterocycles. The van der Waals surface area contributed by atoms with E-state index >= 15 is 0 Å². The van der Waals surface area contributed by atoms with Crippen molar-refractivity contribution in [2.24, 2.45) is 7.05 Å². The number of rotatable bonds is 5. The average Bonchev–Trinajstić information content (AvgIpc) is 3.06. The minimum Gasteiger partial charge on any atom is -0.348 e. The standard InChI is InChI=1S/C18H18N4OS/c1-22-12-14(11-21-22)16-9-13(7-8-19-16)10-20-18(23)15-5-3-4-6-17(15)24-2/h3-9,11-12H,10H2,1-2H3,(H,20,23). The second-order valence-corrected chi connectivity index (χ2v) is 6.18. The summed E-state index contributed by atoms with van der Waals surface area (Å²) >= 11 is 1.57. The van der Waals surface area contributed by atoms with E-state index in [2.05, 4.69) is 15.4 Å². The lowest BCUT2D eigenvalue weighted by atomic mass is 10.1. The monoisotopic (exact) mass is 338 g/mol. The molecule has 1 N–H and O–H groups in total. The Hall–Kier alpha value is -2.60. The SMILES string of the molecule is CSc1ccccc1C(=O)NCc1ccnc(-c2cnn(C)c2)c1. The van der Waals surface area contributed by atoms with Crippen molar-refractivity contribution in [1.29, 1.82) is 0 Å². The van der Waals surface area contributed by atoms with Crippen LogP contribution in [0.3, 0.4) is 0 Å². The lowest BCUT2D eigenvalue weighted by Crippen LogP contribution is -2.23. The molecule has 3 aromatic rings. The molecule has 1 aromatic carbocycles. The molecule has 0 saturated carbocycles. The van der Waals surface area contributed by atoms with Crippen LogP contribution >= 0.6 is 11.8 Å². The van der Waals surface area contributed by atoms with Crippen LogP contribution in [-0.4, -0.2) is 26.9 Å². The number of amides is 1. The quantitative estimate of drug-likeness (QED) is 0.726. The average molecular weight is 338 g/mol. The highest BCUT2D eigenvalue weighted by molar-refractivity contribution is 7.98. The summed E-state index contributed by atoms with van der Waals surface area (Å²) in [7, 11) is 1.87. The normalized spacial score (nSPS) is 10.6. The van der Waals surface area contributed by atoms with E-state index in [-0.39, 0.29) is 5.91 Å². The summed E-state index contributed by atoms with van der Waals surface area (Å²) in [5.41, 5.74) is 3.50. The van der Waals surface area contributed by atoms with Gasteiger partial charge in [-0.25, -0.2) is 0 Å². The first-order valence-corrected chi connectivity index (χ1v) is 8.75. The van der Waals surface area contributed by atoms with Crippen LogP contribution in [0.1, 0.15) is 15.9 Å². The number of carbonyl (C=O) groups excluding carboxylic acids is 1. The minimum absolute atomic E-state index is 0.0697. The van der Waals surface area contributed by atoms with Crippen molar-refractivity contribution >= 4 is 17.7 Å². The molecule has 0 atom stereocenters. The Balaban J connectivity index is 1.72. The van der Waals surface area contributed by atoms with Gasteiger partial charge in [-0.05, 0) is 36.1 Å². The van der Waals surface area contributed by atoms with Gasteiger partial charge in [-0.3, -0.25) is 14.5 Å². The summed E-state index contributed by atoms with van der Waals surface area (Å²) in [4.78, 5) is 17.7. The summed E-state index contributed by atoms with van der Waals surface area (Å²) < 4.78 is 1.74. The summed E-state index contributed by atoms with van der Waals surface area (Å²) in [5.74, 6) is -0.0697. The molecule has 6 heteroatoms. The largest absolute Gasteiger partial charge is 0.348 e. The highest BCUT2D eigenvalue weighted by Crippen LogP contribution is 2.20. The zero-order valence-corrected chi connectivity index (χ0v) is 14.4. The Labute approximate surface area is 145 Å². The second-order valence-electron chi connectivity index (χ2n) is 5.33. The molecule has 5 nitrogen and oxygen atoms in total. The van der Waals surface area contributed by atoms with Crippen LogP contribution < -0.4 is 5.32 Å². The topological polar surface area (TPSA) is 59.8 Å². The third kappa shape index (κ3) is 3.65. The van der Waals surface area contributed by atoms with Crippen molar-refractivity contribution in [1.82, 2.24) is 20.1 Å². The van der Waals surface area contributed by atoms with Gasteiger partial charge in [-0.1, -0.05) is 12.1 Å². The Bertz CT molecular complexity index is 859. The van der Waals surface area contributed by atoms with Gasteiger partial charge in [-0.15, -0.1) is 11.8 Å². The van der Waals surface area contributed by atoms with Crippen LogP contribution in [0, 0.1) is 0 Å². The molecule has 0 aliphatic carbocycles. The number of nitrogens with zero attached hydrogens (tertiary/aromatic N) is 3. The predicted molar refractivity (Wildman–Crippen MR) is 95.8 cm³/mol. The van der Waals surface area contributed by atoms with Crippen LogP contribution in [0.5, 0.6) is 0 Å². The predicted octanol–water partition coefficient (Wildman–Crippen LogP) is 3.13. The summed E-state index contributed by atoms with van der Waals surface area (Å²) in [6.45, 7) is 0.456. The van der Waals surface area contributed by atoms with Gasteiger partial charge < -0.3 is 5.32 Å². The van der Waals surface area contributed by atoms with E-state index in [1.807, 2.05) is 55.9 Å². The molecule has 0 unspecified atom stereocenters. The third-order valence-electron chi connectivity index (χ3n) is 3.63. The Morgan fingerprint density at radius 1 is 1.29 bits per heavy atom. The van der Waals surface area contributed by atoms with E-state index in [0.717, 1.165) is 21.7 Å². The number of aryl methyl sites for hydroxylation is 1. The molecule has 24 heavy (non-hydrogen) atoms. The fourth-order valence-electron chi connectivity index (χ4n) is 2.41. The van der Waals surface area contributed by atoms with Crippen LogP contribution in [-0.2, 0) is 13.6 Å². The molecule has 0 bridgehead atoms. The van der Waals surface area contributed by atoms with E-state index in [1.54, 1.807) is 28.8 Å². The molecule has 0 aliphatic heterocycles. The van der Waals surface area contributed by atoms with Gasteiger partial charge in [0, 0.05) is 36.4 Å². The van der Waals surface area contributed by atoms with Gasteiger partial charge in [-0.2, -0.15) is 5.10 Å². The summed E-state index contributed by atoms with van der Waals surface area (Å²) in [6.07, 6.45) is 7.41. The van der Waals surface area contributed by atoms with Crippen LogP contribution in [0.2, 0.25) is 0 Å². The first-order valence-electron chi connectivity index (χ1n) is 7.52. The highest BCUT2D eigenvalue weighted by atomic mass is 32.2. The van der Waals surface area contributed by atoms with Crippen molar-refractivity contribution < 1.29 is 4.79 Å². The van der Waals surface area contributed by atoms with E-state index < -0.39 is 0 Å². The maximum absolute atomic E-state index is 12.4. The maximum atomic E-state index is 12.4. The first kappa shape index (κ1) is 16.3. The first-order chi connectivity index (χ1) is 11.7. The Kier molecular flexibility index (Phi) is 4.96. The molecule has 0 fully saturated rings. The molecule has 3 rings (SSSR count). The summed E-state index contributed by atoms with van der Waals surface area (Å²) in [5, 5.41) is 7.13. The molecule has 122 valence electrons. The van der Waals surface area contributed by atoms with Gasteiger partial charge in [0.05, 0.1) is 17.5 Å². The van der Waals surface area contributed by atoms with Crippen molar-refractivity contribution in [2.75, 3.05) is 6.26 Å². The van der Waals surface area contributed by atoms with Gasteiger partial charge in [0.15, 0.2) is 0 Å². The molecule has 1 amide bonds. The third-order valence-corrected chi connectivity index (χ3v) is 4.43. The zero-order chi connectivity index (χ0) is 16.9. The van der Waals surface area contributed by atoms with Crippen LogP contribution in [0.25, 0.3) is 11.3 Å². The number of hydrogen-bond acceptors (Lipinski definition) is 4. The lowest BCUT2D eigenvalue weighted by Gasteiger charge is -2.09. The molecular formula is C18H18N4OS. The minimum atomic E-state index is -0.0697. The van der Waals surface area contributed by atoms with Gasteiger partial charge >= 0.3 is 0 Å². The van der Waals surface area contributed by atoms with Crippen molar-refractivity contribution in [3.8, 4) is 11.3 Å². The number of thioether (sulfide) groups is 1. The lowest BCUT2D eigenvalue weighted by molar-refractivity contribution is 0.0948. The molecule has 0 aliphatic rings. The van der Waals surface area contributed by atoms with Crippen molar-refractivity contribution in [3.05, 3.63) is 66.1 Å². The molecular weight excluding hydrogens is 320 g/mol. The fraction of sp³-hybridized carbons (Fsp3) is 0.167. The Morgan fingerprint density at radius 2 is 2.12 bits per heavy atom.